The number of carboxylic acid groups (broad SMARTS) is 1. The number of hydrogen-bond acceptors (Lipinski definition) is 19. The number of amides is 1. The van der Waals surface area contributed by atoms with E-state index in [9.17, 15) is 50.4 Å². The molecule has 12 N–H and O–H groups in total. The van der Waals surface area contributed by atoms with E-state index in [-0.39, 0.29) is 64.9 Å². The number of carbonyl (C=O) groups is 2. The summed E-state index contributed by atoms with van der Waals surface area (Å²) in [7, 11) is 0. The second-order valence-electron chi connectivity index (χ2n) is 11.3. The minimum absolute atomic E-state index is 0.00899. The number of rotatable bonds is 36. The Morgan fingerprint density at radius 2 is 0.843 bits per heavy atom. The van der Waals surface area contributed by atoms with Crippen LogP contribution in [0.1, 0.15) is 12.8 Å². The zero-order valence-corrected chi connectivity index (χ0v) is 28.9. The van der Waals surface area contributed by atoms with E-state index in [4.69, 9.17) is 43.7 Å². The van der Waals surface area contributed by atoms with E-state index >= 15 is 0 Å². The first-order chi connectivity index (χ1) is 24.3. The van der Waals surface area contributed by atoms with Gasteiger partial charge in [0.2, 0.25) is 5.91 Å². The molecule has 0 aliphatic carbocycles. The van der Waals surface area contributed by atoms with Gasteiger partial charge >= 0.3 is 5.97 Å². The molecule has 51 heavy (non-hydrogen) atoms. The van der Waals surface area contributed by atoms with Gasteiger partial charge in [0.15, 0.2) is 0 Å². The van der Waals surface area contributed by atoms with Gasteiger partial charge in [0, 0.05) is 32.6 Å². The monoisotopic (exact) mass is 752 g/mol. The number of ether oxygens (including phenoxy) is 6. The average molecular weight is 753 g/mol. The maximum absolute atomic E-state index is 11.9. The van der Waals surface area contributed by atoms with Gasteiger partial charge in [-0.15, -0.1) is 0 Å². The molecule has 0 unspecified atom stereocenters. The Hall–Kier alpha value is -1.74. The molecule has 0 aromatic heterocycles. The number of hydrogen-bond donors (Lipinski definition) is 12. The van der Waals surface area contributed by atoms with Crippen molar-refractivity contribution in [3.05, 3.63) is 0 Å². The van der Waals surface area contributed by atoms with Gasteiger partial charge in [-0.05, 0) is 0 Å². The van der Waals surface area contributed by atoms with Crippen molar-refractivity contribution in [1.29, 1.82) is 0 Å². The topological polar surface area (TPSA) is 327 Å². The second-order valence-corrected chi connectivity index (χ2v) is 11.3. The molecule has 0 aliphatic rings. The van der Waals surface area contributed by atoms with Crippen molar-refractivity contribution in [1.82, 2.24) is 10.2 Å². The van der Waals surface area contributed by atoms with Crippen LogP contribution in [0.2, 0.25) is 0 Å². The summed E-state index contributed by atoms with van der Waals surface area (Å²) in [6, 6.07) is 0. The zero-order valence-electron chi connectivity index (χ0n) is 28.9. The molecule has 1 amide bonds. The summed E-state index contributed by atoms with van der Waals surface area (Å²) in [5.74, 6) is -1.16. The lowest BCUT2D eigenvalue weighted by molar-refractivity contribution is -0.138. The van der Waals surface area contributed by atoms with Crippen LogP contribution in [-0.4, -0.2) is 240 Å². The number of aliphatic carboxylic acids is 1. The van der Waals surface area contributed by atoms with E-state index in [0.717, 1.165) is 0 Å². The first-order valence-electron chi connectivity index (χ1n) is 16.7. The molecular weight excluding hydrogens is 692 g/mol. The van der Waals surface area contributed by atoms with Crippen LogP contribution in [0.15, 0.2) is 0 Å². The molecule has 0 spiro atoms. The van der Waals surface area contributed by atoms with E-state index in [2.05, 4.69) is 5.32 Å². The van der Waals surface area contributed by atoms with Crippen LogP contribution in [0.5, 0.6) is 0 Å². The summed E-state index contributed by atoms with van der Waals surface area (Å²) in [6.45, 7) is 0.475. The highest BCUT2D eigenvalue weighted by Crippen LogP contribution is 2.11. The Labute approximate surface area is 296 Å². The van der Waals surface area contributed by atoms with E-state index in [0.29, 0.717) is 46.2 Å². The zero-order chi connectivity index (χ0) is 38.4. The predicted molar refractivity (Wildman–Crippen MR) is 173 cm³/mol. The summed E-state index contributed by atoms with van der Waals surface area (Å²) in [4.78, 5) is 23.6. The summed E-state index contributed by atoms with van der Waals surface area (Å²) >= 11 is 0. The second kappa shape index (κ2) is 31.8. The molecule has 0 aromatic carbocycles. The van der Waals surface area contributed by atoms with Crippen LogP contribution >= 0.6 is 0 Å². The van der Waals surface area contributed by atoms with Gasteiger partial charge in [0.05, 0.1) is 111 Å². The Balaban J connectivity index is 4.16. The number of carboxylic acids is 1. The molecule has 8 atom stereocenters. The van der Waals surface area contributed by atoms with Gasteiger partial charge in [-0.1, -0.05) is 0 Å². The first kappa shape index (κ1) is 49.3. The largest absolute Gasteiger partial charge is 0.481 e. The van der Waals surface area contributed by atoms with Gasteiger partial charge in [-0.2, -0.15) is 0 Å². The van der Waals surface area contributed by atoms with Gasteiger partial charge in [0.1, 0.15) is 36.6 Å². The van der Waals surface area contributed by atoms with Crippen LogP contribution in [0, 0.1) is 0 Å². The third-order valence-corrected chi connectivity index (χ3v) is 7.08. The van der Waals surface area contributed by atoms with Crippen molar-refractivity contribution >= 4 is 11.9 Å². The van der Waals surface area contributed by atoms with Crippen LogP contribution in [0.4, 0.5) is 0 Å². The highest BCUT2D eigenvalue weighted by Gasteiger charge is 2.34. The summed E-state index contributed by atoms with van der Waals surface area (Å²) < 4.78 is 31.9. The minimum atomic E-state index is -1.90. The molecule has 0 rings (SSSR count). The molecule has 21 nitrogen and oxygen atoms in total. The molecule has 0 radical (unpaired) electrons. The molecule has 0 heterocycles. The van der Waals surface area contributed by atoms with E-state index in [1.165, 1.54) is 4.90 Å². The minimum Gasteiger partial charge on any atom is -0.481 e. The number of aliphatic hydroxyl groups is 10. The lowest BCUT2D eigenvalue weighted by Gasteiger charge is -2.33. The highest BCUT2D eigenvalue weighted by molar-refractivity contribution is 5.75. The van der Waals surface area contributed by atoms with Crippen molar-refractivity contribution in [2.75, 3.05) is 119 Å². The fourth-order valence-electron chi connectivity index (χ4n) is 4.08. The smallest absolute Gasteiger partial charge is 0.305 e. The summed E-state index contributed by atoms with van der Waals surface area (Å²) in [5, 5.41) is 109. The molecule has 0 fully saturated rings. The number of nitrogens with one attached hydrogen (secondary N) is 1. The molecule has 304 valence electrons. The van der Waals surface area contributed by atoms with E-state index in [1.54, 1.807) is 0 Å². The number of nitrogens with zero attached hydrogens (tertiary/aromatic N) is 1. The van der Waals surface area contributed by atoms with Gasteiger partial charge in [-0.25, -0.2) is 0 Å². The average Bonchev–Trinajstić information content (AvgIpc) is 3.11. The maximum atomic E-state index is 11.9. The van der Waals surface area contributed by atoms with E-state index in [1.807, 2.05) is 0 Å². The van der Waals surface area contributed by atoms with E-state index < -0.39 is 81.1 Å². The Morgan fingerprint density at radius 3 is 1.25 bits per heavy atom. The lowest BCUT2D eigenvalue weighted by atomic mass is 10.0. The third-order valence-electron chi connectivity index (χ3n) is 7.08. The fraction of sp³-hybridized carbons (Fsp3) is 0.933. The fourth-order valence-corrected chi connectivity index (χ4v) is 4.08. The van der Waals surface area contributed by atoms with Crippen LogP contribution in [-0.2, 0) is 38.0 Å². The highest BCUT2D eigenvalue weighted by atomic mass is 16.6. The van der Waals surface area contributed by atoms with Crippen molar-refractivity contribution in [3.8, 4) is 0 Å². The third kappa shape index (κ3) is 25.8. The van der Waals surface area contributed by atoms with Crippen molar-refractivity contribution < 1.29 is 94.2 Å². The quantitative estimate of drug-likeness (QED) is 0.0265. The van der Waals surface area contributed by atoms with Crippen LogP contribution in [0.3, 0.4) is 0 Å². The normalized spacial score (nSPS) is 16.7. The Bertz CT molecular complexity index is 819. The summed E-state index contributed by atoms with van der Waals surface area (Å²) in [6.07, 6.45) is -14.4. The molecule has 0 saturated carbocycles. The summed E-state index contributed by atoms with van der Waals surface area (Å²) in [5.41, 5.74) is 0. The number of carbonyl (C=O) groups excluding carboxylic acids is 1. The molecule has 21 heteroatoms. The Kier molecular flexibility index (Phi) is 30.7. The number of aliphatic hydroxyl groups excluding tert-OH is 10. The molecular formula is C30H60N2O19. The van der Waals surface area contributed by atoms with Crippen molar-refractivity contribution in [3.63, 3.8) is 0 Å². The van der Waals surface area contributed by atoms with Gasteiger partial charge in [-0.3, -0.25) is 14.5 Å². The first-order valence-corrected chi connectivity index (χ1v) is 16.7. The lowest BCUT2D eigenvalue weighted by Crippen LogP contribution is -2.53. The predicted octanol–water partition coefficient (Wildman–Crippen LogP) is -6.76. The Morgan fingerprint density at radius 1 is 0.490 bits per heavy atom. The van der Waals surface area contributed by atoms with Crippen molar-refractivity contribution in [2.45, 2.75) is 61.7 Å². The molecule has 0 saturated heterocycles. The van der Waals surface area contributed by atoms with Gasteiger partial charge in [0.25, 0.3) is 0 Å². The van der Waals surface area contributed by atoms with Gasteiger partial charge < -0.3 is 89.9 Å². The molecule has 0 aliphatic heterocycles. The molecule has 0 bridgehead atoms. The van der Waals surface area contributed by atoms with Crippen LogP contribution < -0.4 is 5.32 Å². The van der Waals surface area contributed by atoms with Crippen LogP contribution in [0.25, 0.3) is 0 Å². The SMILES string of the molecule is O=C(O)CCOCCOCCOCCOCCNC(=O)CCOCCOCCN(C[C@H](O)[C@@H](O)[C@H](O)[C@H](O)CO)C[C@H](O)[C@@H](O)[C@H](O)[C@H](O)CO. The molecule has 0 aromatic rings. The maximum Gasteiger partial charge on any atom is 0.305 e. The van der Waals surface area contributed by atoms with Crippen molar-refractivity contribution in [2.24, 2.45) is 0 Å². The standard InChI is InChI=1S/C30H60N2O19/c33-19-23(37)29(44)27(42)21(35)17-32(18-22(36)28(43)30(45)24(38)20-34)4-8-49-12-9-46-5-1-25(39)31-3-7-48-11-14-51-16-15-50-13-10-47-6-2-26(40)41/h21-24,27-30,33-38,42-45H,1-20H2,(H,31,39)(H,40,41)/t21-,22-,23+,24+,27+,28+,29+,30+/m0/s1.